The van der Waals surface area contributed by atoms with Crippen LogP contribution in [-0.2, 0) is 13.1 Å². The lowest BCUT2D eigenvalue weighted by molar-refractivity contribution is 0.0464. The van der Waals surface area contributed by atoms with Crippen LogP contribution in [0.3, 0.4) is 0 Å². The summed E-state index contributed by atoms with van der Waals surface area (Å²) in [6.45, 7) is 9.84. The number of piperazine rings is 1. The molecule has 1 aliphatic heterocycles. The monoisotopic (exact) mass is 428 g/mol. The van der Waals surface area contributed by atoms with Crippen LogP contribution in [0.4, 0.5) is 0 Å². The number of pyridine rings is 1. The van der Waals surface area contributed by atoms with E-state index in [4.69, 9.17) is 9.47 Å². The van der Waals surface area contributed by atoms with Crippen molar-refractivity contribution in [3.05, 3.63) is 53.9 Å². The van der Waals surface area contributed by atoms with Gasteiger partial charge in [-0.25, -0.2) is 0 Å². The highest BCUT2D eigenvalue weighted by atomic mass is 16.5. The Kier molecular flexibility index (Phi) is 9.09. The van der Waals surface area contributed by atoms with E-state index in [1.807, 2.05) is 42.6 Å². The largest absolute Gasteiger partial charge is 0.493 e. The molecular weight excluding hydrogens is 392 g/mol. The molecule has 0 aliphatic carbocycles. The summed E-state index contributed by atoms with van der Waals surface area (Å²) >= 11 is 0. The van der Waals surface area contributed by atoms with Gasteiger partial charge in [-0.1, -0.05) is 19.1 Å². The number of ether oxygens (including phenoxy) is 2. The van der Waals surface area contributed by atoms with Crippen LogP contribution in [0.2, 0.25) is 0 Å². The highest BCUT2D eigenvalue weighted by molar-refractivity contribution is 5.43. The molecule has 7 nitrogen and oxygen atoms in total. The zero-order valence-electron chi connectivity index (χ0n) is 19.0. The number of β-amino-alcohol motifs (C(OH)–C–C–N with tert-alkyl or cyclic N) is 1. The summed E-state index contributed by atoms with van der Waals surface area (Å²) in [7, 11) is 3.72. The van der Waals surface area contributed by atoms with E-state index >= 15 is 0 Å². The van der Waals surface area contributed by atoms with Gasteiger partial charge in [-0.15, -0.1) is 0 Å². The minimum atomic E-state index is -0.526. The maximum Gasteiger partial charge on any atom is 0.161 e. The second kappa shape index (κ2) is 12.0. The summed E-state index contributed by atoms with van der Waals surface area (Å²) in [5.41, 5.74) is 2.18. The van der Waals surface area contributed by atoms with Crippen LogP contribution >= 0.6 is 0 Å². The lowest BCUT2D eigenvalue weighted by Crippen LogP contribution is -2.49. The molecule has 1 aliphatic rings. The second-order valence-electron chi connectivity index (χ2n) is 8.18. The van der Waals surface area contributed by atoms with E-state index in [9.17, 15) is 5.11 Å². The fraction of sp³-hybridized carbons (Fsp3) is 0.542. The van der Waals surface area contributed by atoms with Crippen molar-refractivity contribution in [2.45, 2.75) is 26.1 Å². The first-order valence-corrected chi connectivity index (χ1v) is 11.1. The van der Waals surface area contributed by atoms with Crippen molar-refractivity contribution in [3.63, 3.8) is 0 Å². The Morgan fingerprint density at radius 3 is 2.52 bits per heavy atom. The summed E-state index contributed by atoms with van der Waals surface area (Å²) < 4.78 is 11.4. The molecule has 1 unspecified atom stereocenters. The van der Waals surface area contributed by atoms with E-state index in [2.05, 4.69) is 33.7 Å². The third-order valence-electron chi connectivity index (χ3n) is 5.65. The molecule has 170 valence electrons. The van der Waals surface area contributed by atoms with Crippen molar-refractivity contribution in [2.75, 3.05) is 60.0 Å². The van der Waals surface area contributed by atoms with Crippen LogP contribution in [0.15, 0.2) is 42.6 Å². The van der Waals surface area contributed by atoms with Gasteiger partial charge in [0.15, 0.2) is 11.5 Å². The highest BCUT2D eigenvalue weighted by Gasteiger charge is 2.19. The molecule has 3 rings (SSSR count). The molecule has 1 fully saturated rings. The van der Waals surface area contributed by atoms with Crippen molar-refractivity contribution in [1.29, 1.82) is 0 Å². The first kappa shape index (κ1) is 23.5. The number of methoxy groups -OCH3 is 1. The van der Waals surface area contributed by atoms with Crippen LogP contribution in [-0.4, -0.2) is 90.9 Å². The predicted octanol–water partition coefficient (Wildman–Crippen LogP) is 2.10. The molecule has 0 radical (unpaired) electrons. The summed E-state index contributed by atoms with van der Waals surface area (Å²) in [5.74, 6) is 1.35. The number of hydrogen-bond acceptors (Lipinski definition) is 7. The van der Waals surface area contributed by atoms with Gasteiger partial charge in [0.2, 0.25) is 0 Å². The van der Waals surface area contributed by atoms with E-state index in [1.165, 1.54) is 0 Å². The minimum absolute atomic E-state index is 0.253. The van der Waals surface area contributed by atoms with E-state index in [0.29, 0.717) is 18.0 Å². The number of rotatable bonds is 11. The molecular formula is C24H36N4O3. The number of aliphatic hydroxyl groups excluding tert-OH is 1. The molecule has 0 bridgehead atoms. The van der Waals surface area contributed by atoms with Gasteiger partial charge in [-0.05, 0) is 43.4 Å². The molecule has 1 N–H and O–H groups in total. The molecule has 0 spiro atoms. The molecule has 31 heavy (non-hydrogen) atoms. The molecule has 1 atom stereocenters. The van der Waals surface area contributed by atoms with Gasteiger partial charge in [0, 0.05) is 52.0 Å². The van der Waals surface area contributed by atoms with Gasteiger partial charge in [0.1, 0.15) is 12.7 Å². The molecule has 1 saturated heterocycles. The standard InChI is InChI=1S/C24H36N4O3/c1-4-27-11-13-28(14-12-27)18-22(29)19-31-23-9-8-20(15-24(23)30-3)16-26(2)17-21-7-5-6-10-25-21/h5-10,15,22,29H,4,11-14,16-19H2,1-3H3. The summed E-state index contributed by atoms with van der Waals surface area (Å²) in [5, 5.41) is 10.4. The van der Waals surface area contributed by atoms with Gasteiger partial charge in [-0.2, -0.15) is 0 Å². The third kappa shape index (κ3) is 7.47. The molecule has 0 saturated carbocycles. The average Bonchev–Trinajstić information content (AvgIpc) is 2.79. The quantitative estimate of drug-likeness (QED) is 0.588. The lowest BCUT2D eigenvalue weighted by Gasteiger charge is -2.34. The van der Waals surface area contributed by atoms with E-state index in [-0.39, 0.29) is 6.61 Å². The van der Waals surface area contributed by atoms with E-state index in [1.54, 1.807) is 7.11 Å². The van der Waals surface area contributed by atoms with Gasteiger partial charge < -0.3 is 19.5 Å². The number of hydrogen-bond donors (Lipinski definition) is 1. The summed E-state index contributed by atoms with van der Waals surface area (Å²) in [4.78, 5) is 11.3. The average molecular weight is 429 g/mol. The van der Waals surface area contributed by atoms with E-state index in [0.717, 1.165) is 57.1 Å². The Hall–Kier alpha value is -2.19. The smallest absolute Gasteiger partial charge is 0.161 e. The van der Waals surface area contributed by atoms with Crippen molar-refractivity contribution < 1.29 is 14.6 Å². The number of nitrogens with zero attached hydrogens (tertiary/aromatic N) is 4. The maximum absolute atomic E-state index is 10.4. The summed E-state index contributed by atoms with van der Waals surface area (Å²) in [6.07, 6.45) is 1.29. The molecule has 1 aromatic carbocycles. The van der Waals surface area contributed by atoms with Crippen molar-refractivity contribution in [3.8, 4) is 11.5 Å². The van der Waals surface area contributed by atoms with Crippen molar-refractivity contribution >= 4 is 0 Å². The normalized spacial score (nSPS) is 16.4. The Morgan fingerprint density at radius 1 is 1.06 bits per heavy atom. The molecule has 2 heterocycles. The topological polar surface area (TPSA) is 61.3 Å². The van der Waals surface area contributed by atoms with Gasteiger partial charge in [-0.3, -0.25) is 14.8 Å². The lowest BCUT2D eigenvalue weighted by atomic mass is 10.2. The summed E-state index contributed by atoms with van der Waals surface area (Å²) in [6, 6.07) is 11.9. The first-order valence-electron chi connectivity index (χ1n) is 11.1. The fourth-order valence-electron chi connectivity index (χ4n) is 3.89. The van der Waals surface area contributed by atoms with E-state index < -0.39 is 6.10 Å². The van der Waals surface area contributed by atoms with Crippen LogP contribution in [0.5, 0.6) is 11.5 Å². The third-order valence-corrected chi connectivity index (χ3v) is 5.65. The molecule has 2 aromatic rings. The van der Waals surface area contributed by atoms with Crippen LogP contribution in [0, 0.1) is 0 Å². The Balaban J connectivity index is 1.48. The van der Waals surface area contributed by atoms with Crippen molar-refractivity contribution in [1.82, 2.24) is 19.7 Å². The van der Waals surface area contributed by atoms with Gasteiger partial charge in [0.25, 0.3) is 0 Å². The Bertz CT molecular complexity index is 782. The molecule has 7 heteroatoms. The van der Waals surface area contributed by atoms with Gasteiger partial charge in [0.05, 0.1) is 12.8 Å². The first-order chi connectivity index (χ1) is 15.1. The maximum atomic E-state index is 10.4. The minimum Gasteiger partial charge on any atom is -0.493 e. The van der Waals surface area contributed by atoms with Crippen LogP contribution in [0.25, 0.3) is 0 Å². The second-order valence-corrected chi connectivity index (χ2v) is 8.18. The van der Waals surface area contributed by atoms with Gasteiger partial charge >= 0.3 is 0 Å². The predicted molar refractivity (Wildman–Crippen MR) is 122 cm³/mol. The number of benzene rings is 1. The zero-order valence-corrected chi connectivity index (χ0v) is 19.0. The van der Waals surface area contributed by atoms with Crippen LogP contribution < -0.4 is 9.47 Å². The Labute approximate surface area is 186 Å². The Morgan fingerprint density at radius 2 is 1.84 bits per heavy atom. The fourth-order valence-corrected chi connectivity index (χ4v) is 3.89. The number of likely N-dealkylation sites (N-methyl/N-ethyl adjacent to an activating group) is 1. The number of aromatic nitrogens is 1. The number of aliphatic hydroxyl groups is 1. The highest BCUT2D eigenvalue weighted by Crippen LogP contribution is 2.28. The van der Waals surface area contributed by atoms with Crippen molar-refractivity contribution in [2.24, 2.45) is 0 Å². The molecule has 0 amide bonds. The zero-order chi connectivity index (χ0) is 22.1. The van der Waals surface area contributed by atoms with Crippen LogP contribution in [0.1, 0.15) is 18.2 Å². The SMILES string of the molecule is CCN1CCN(CC(O)COc2ccc(CN(C)Cc3ccccn3)cc2OC)CC1. The molecule has 1 aromatic heterocycles.